The first-order valence-electron chi connectivity index (χ1n) is 8.51. The fraction of sp³-hybridized carbons (Fsp3) is 0.579. The summed E-state index contributed by atoms with van der Waals surface area (Å²) >= 11 is 2.12. The van der Waals surface area contributed by atoms with Crippen LogP contribution >= 0.6 is 22.6 Å². The molecule has 122 valence electrons. The van der Waals surface area contributed by atoms with Gasteiger partial charge in [-0.25, -0.2) is 4.79 Å². The molecular weight excluding hydrogens is 403 g/mol. The Hall–Kier alpha value is -0.910. The van der Waals surface area contributed by atoms with Crippen LogP contribution in [0.4, 0.5) is 0 Å². The third-order valence-corrected chi connectivity index (χ3v) is 7.00. The van der Waals surface area contributed by atoms with Gasteiger partial charge in [0.05, 0.1) is 5.56 Å². The lowest BCUT2D eigenvalue weighted by molar-refractivity contribution is -0.147. The summed E-state index contributed by atoms with van der Waals surface area (Å²) in [4.78, 5) is 25.1. The van der Waals surface area contributed by atoms with Crippen LogP contribution in [0.2, 0.25) is 0 Å². The van der Waals surface area contributed by atoms with Crippen molar-refractivity contribution in [2.75, 3.05) is 6.61 Å². The van der Waals surface area contributed by atoms with Crippen LogP contribution in [-0.4, -0.2) is 18.4 Å². The highest BCUT2D eigenvalue weighted by molar-refractivity contribution is 14.1. The zero-order valence-electron chi connectivity index (χ0n) is 13.1. The van der Waals surface area contributed by atoms with E-state index >= 15 is 0 Å². The number of carbonyl (C=O) groups is 2. The maximum Gasteiger partial charge on any atom is 0.339 e. The Balaban J connectivity index is 1.43. The number of rotatable bonds is 4. The van der Waals surface area contributed by atoms with Crippen molar-refractivity contribution in [2.45, 2.75) is 38.5 Å². The highest BCUT2D eigenvalue weighted by Gasteiger charge is 2.54. The molecule has 0 aliphatic heterocycles. The van der Waals surface area contributed by atoms with E-state index in [9.17, 15) is 9.59 Å². The molecule has 1 aromatic rings. The topological polar surface area (TPSA) is 43.4 Å². The second-order valence-electron chi connectivity index (χ2n) is 7.68. The van der Waals surface area contributed by atoms with Gasteiger partial charge in [-0.15, -0.1) is 0 Å². The lowest BCUT2D eigenvalue weighted by Gasteiger charge is -2.55. The number of hydrogen-bond acceptors (Lipinski definition) is 3. The second-order valence-corrected chi connectivity index (χ2v) is 8.84. The van der Waals surface area contributed by atoms with E-state index in [1.165, 1.54) is 19.3 Å². The zero-order valence-corrected chi connectivity index (χ0v) is 15.3. The number of hydrogen-bond donors (Lipinski definition) is 0. The lowest BCUT2D eigenvalue weighted by Crippen LogP contribution is -2.51. The van der Waals surface area contributed by atoms with Gasteiger partial charge in [-0.2, -0.15) is 0 Å². The number of esters is 1. The minimum atomic E-state index is -0.381. The Morgan fingerprint density at radius 2 is 1.61 bits per heavy atom. The maximum absolute atomic E-state index is 12.8. The van der Waals surface area contributed by atoms with Crippen LogP contribution in [-0.2, 0) is 9.53 Å². The average Bonchev–Trinajstić information content (AvgIpc) is 2.51. The van der Waals surface area contributed by atoms with E-state index in [2.05, 4.69) is 22.6 Å². The molecule has 4 saturated carbocycles. The molecule has 0 spiro atoms. The molecule has 3 nitrogen and oxygen atoms in total. The number of ketones is 1. The van der Waals surface area contributed by atoms with Gasteiger partial charge in [-0.3, -0.25) is 4.79 Å². The number of ether oxygens (including phenoxy) is 1. The van der Waals surface area contributed by atoms with E-state index in [-0.39, 0.29) is 23.8 Å². The normalized spacial score (nSPS) is 34.4. The van der Waals surface area contributed by atoms with Crippen LogP contribution in [0.5, 0.6) is 0 Å². The molecule has 4 aliphatic rings. The Bertz CT molecular complexity index is 616. The quantitative estimate of drug-likeness (QED) is 0.537. The molecule has 0 heterocycles. The molecule has 0 saturated heterocycles. The predicted octanol–water partition coefficient (Wildman–Crippen LogP) is 4.23. The van der Waals surface area contributed by atoms with Gasteiger partial charge in [0.1, 0.15) is 0 Å². The van der Waals surface area contributed by atoms with Crippen LogP contribution in [0, 0.1) is 26.7 Å². The van der Waals surface area contributed by atoms with Crippen molar-refractivity contribution in [3.63, 3.8) is 0 Å². The summed E-state index contributed by atoms with van der Waals surface area (Å²) in [5.74, 6) is 1.98. The summed E-state index contributed by atoms with van der Waals surface area (Å²) in [5.41, 5.74) is 0.366. The minimum absolute atomic E-state index is 0.0596. The first kappa shape index (κ1) is 15.6. The molecule has 0 aromatic heterocycles. The molecule has 0 atom stereocenters. The van der Waals surface area contributed by atoms with E-state index in [0.29, 0.717) is 5.56 Å². The van der Waals surface area contributed by atoms with Crippen LogP contribution in [0.15, 0.2) is 24.3 Å². The van der Waals surface area contributed by atoms with Gasteiger partial charge in [0, 0.05) is 8.99 Å². The van der Waals surface area contributed by atoms with Crippen molar-refractivity contribution in [3.05, 3.63) is 33.4 Å². The molecule has 1 aromatic carbocycles. The fourth-order valence-electron chi connectivity index (χ4n) is 5.44. The van der Waals surface area contributed by atoms with E-state index in [4.69, 9.17) is 4.74 Å². The SMILES string of the molecule is O=C(OCC(=O)C12CC3CC(CC(C3)C1)C2)c1ccccc1I. The summed E-state index contributed by atoms with van der Waals surface area (Å²) in [5, 5.41) is 0. The third-order valence-electron chi connectivity index (χ3n) is 6.06. The van der Waals surface area contributed by atoms with Crippen LogP contribution in [0.3, 0.4) is 0 Å². The van der Waals surface area contributed by atoms with Crippen molar-refractivity contribution < 1.29 is 14.3 Å². The molecular formula is C19H21IO3. The Kier molecular flexibility index (Phi) is 3.98. The van der Waals surface area contributed by atoms with Crippen LogP contribution in [0.1, 0.15) is 48.9 Å². The minimum Gasteiger partial charge on any atom is -0.454 e. The monoisotopic (exact) mass is 424 g/mol. The molecule has 0 amide bonds. The predicted molar refractivity (Wildman–Crippen MR) is 95.1 cm³/mol. The molecule has 4 fully saturated rings. The average molecular weight is 424 g/mol. The molecule has 0 unspecified atom stereocenters. The Labute approximate surface area is 150 Å². The maximum atomic E-state index is 12.8. The molecule has 0 N–H and O–H groups in total. The summed E-state index contributed by atoms with van der Waals surface area (Å²) < 4.78 is 6.23. The van der Waals surface area contributed by atoms with Gasteiger partial charge >= 0.3 is 5.97 Å². The van der Waals surface area contributed by atoms with Crippen molar-refractivity contribution in [2.24, 2.45) is 23.2 Å². The lowest BCUT2D eigenvalue weighted by atomic mass is 9.48. The zero-order chi connectivity index (χ0) is 16.0. The highest BCUT2D eigenvalue weighted by Crippen LogP contribution is 2.60. The molecule has 0 radical (unpaired) electrons. The number of carbonyl (C=O) groups excluding carboxylic acids is 2. The van der Waals surface area contributed by atoms with Gasteiger partial charge < -0.3 is 4.74 Å². The summed E-state index contributed by atoms with van der Waals surface area (Å²) in [6, 6.07) is 7.33. The molecule has 4 bridgehead atoms. The van der Waals surface area contributed by atoms with Crippen molar-refractivity contribution in [3.8, 4) is 0 Å². The van der Waals surface area contributed by atoms with Gasteiger partial charge in [0.15, 0.2) is 12.4 Å². The Morgan fingerprint density at radius 3 is 2.17 bits per heavy atom. The highest BCUT2D eigenvalue weighted by atomic mass is 127. The van der Waals surface area contributed by atoms with E-state index in [1.807, 2.05) is 18.2 Å². The largest absolute Gasteiger partial charge is 0.454 e. The first-order chi connectivity index (χ1) is 11.1. The van der Waals surface area contributed by atoms with E-state index in [0.717, 1.165) is 40.6 Å². The van der Waals surface area contributed by atoms with E-state index in [1.54, 1.807) is 6.07 Å². The van der Waals surface area contributed by atoms with Crippen LogP contribution in [0.25, 0.3) is 0 Å². The number of halogens is 1. The van der Waals surface area contributed by atoms with Crippen LogP contribution < -0.4 is 0 Å². The summed E-state index contributed by atoms with van der Waals surface area (Å²) in [6.45, 7) is -0.0596. The smallest absolute Gasteiger partial charge is 0.339 e. The van der Waals surface area contributed by atoms with Gasteiger partial charge in [0.25, 0.3) is 0 Å². The van der Waals surface area contributed by atoms with E-state index < -0.39 is 0 Å². The van der Waals surface area contributed by atoms with Gasteiger partial charge in [-0.1, -0.05) is 12.1 Å². The number of Topliss-reactive ketones (excluding diaryl/α,β-unsaturated/α-hetero) is 1. The third kappa shape index (κ3) is 2.83. The van der Waals surface area contributed by atoms with Gasteiger partial charge in [-0.05, 0) is 91.0 Å². The summed E-state index contributed by atoms with van der Waals surface area (Å²) in [7, 11) is 0. The van der Waals surface area contributed by atoms with Crippen molar-refractivity contribution >= 4 is 34.3 Å². The molecule has 4 heteroatoms. The molecule has 5 rings (SSSR count). The Morgan fingerprint density at radius 1 is 1.04 bits per heavy atom. The second kappa shape index (κ2) is 5.87. The first-order valence-corrected chi connectivity index (χ1v) is 9.58. The standard InChI is InChI=1S/C19H21IO3/c20-16-4-2-1-3-15(16)18(22)23-11-17(21)19-8-12-5-13(9-19)7-14(6-12)10-19/h1-4,12-14H,5-11H2. The number of benzene rings is 1. The molecule has 23 heavy (non-hydrogen) atoms. The fourth-order valence-corrected chi connectivity index (χ4v) is 6.05. The van der Waals surface area contributed by atoms with Gasteiger partial charge in [0.2, 0.25) is 0 Å². The van der Waals surface area contributed by atoms with Crippen molar-refractivity contribution in [1.82, 2.24) is 0 Å². The summed E-state index contributed by atoms with van der Waals surface area (Å²) in [6.07, 6.45) is 7.02. The van der Waals surface area contributed by atoms with Crippen molar-refractivity contribution in [1.29, 1.82) is 0 Å². The molecule has 4 aliphatic carbocycles.